The Balaban J connectivity index is 2.79. The highest BCUT2D eigenvalue weighted by atomic mass is 16.5. The second-order valence-corrected chi connectivity index (χ2v) is 6.82. The second-order valence-electron chi connectivity index (χ2n) is 6.82. The summed E-state index contributed by atoms with van der Waals surface area (Å²) in [5.74, 6) is -2.74. The summed E-state index contributed by atoms with van der Waals surface area (Å²) < 4.78 is 0. The molecule has 28 heavy (non-hydrogen) atoms. The van der Waals surface area contributed by atoms with Crippen molar-refractivity contribution in [3.05, 3.63) is 0 Å². The van der Waals surface area contributed by atoms with E-state index in [2.05, 4.69) is 16.0 Å². The van der Waals surface area contributed by atoms with E-state index in [9.17, 15) is 29.2 Å². The summed E-state index contributed by atoms with van der Waals surface area (Å²) in [4.78, 5) is 61.3. The van der Waals surface area contributed by atoms with Crippen molar-refractivity contribution in [2.75, 3.05) is 13.6 Å². The molecule has 0 unspecified atom stereocenters. The SMILES string of the molecule is CNC(=O)[C@H](C)NC(=O)[C@@H](C)N(O)C(=O)[C@@H]1CCCN1C(=O)[C@H](C)NC(C)=O. The van der Waals surface area contributed by atoms with Gasteiger partial charge in [0.1, 0.15) is 24.2 Å². The Labute approximate surface area is 163 Å². The number of carbonyl (C=O) groups excluding carboxylic acids is 5. The van der Waals surface area contributed by atoms with Gasteiger partial charge in [0.25, 0.3) is 5.91 Å². The molecule has 1 fully saturated rings. The molecule has 0 aromatic carbocycles. The van der Waals surface area contributed by atoms with E-state index in [1.165, 1.54) is 39.6 Å². The van der Waals surface area contributed by atoms with Gasteiger partial charge in [-0.1, -0.05) is 0 Å². The Kier molecular flexibility index (Phi) is 8.35. The molecular weight excluding hydrogens is 370 g/mol. The van der Waals surface area contributed by atoms with Gasteiger partial charge in [-0.05, 0) is 33.6 Å². The third-order valence-electron chi connectivity index (χ3n) is 4.58. The fraction of sp³-hybridized carbons (Fsp3) is 0.706. The standard InChI is InChI=1S/C17H29N5O6/c1-9(14(24)18-5)20-15(25)11(3)22(28)17(27)13-7-6-8-21(13)16(26)10(2)19-12(4)23/h9-11,13,28H,6-8H2,1-5H3,(H,18,24)(H,19,23)(H,20,25)/t9-,10-,11+,13-/m0/s1. The number of hydrogen-bond acceptors (Lipinski definition) is 6. The van der Waals surface area contributed by atoms with Gasteiger partial charge in [0, 0.05) is 20.5 Å². The van der Waals surface area contributed by atoms with Crippen LogP contribution in [0.2, 0.25) is 0 Å². The summed E-state index contributed by atoms with van der Waals surface area (Å²) in [6.07, 6.45) is 0.883. The molecule has 1 aliphatic rings. The highest BCUT2D eigenvalue weighted by Gasteiger charge is 2.40. The van der Waals surface area contributed by atoms with Gasteiger partial charge < -0.3 is 20.9 Å². The minimum Gasteiger partial charge on any atom is -0.357 e. The van der Waals surface area contributed by atoms with Crippen LogP contribution >= 0.6 is 0 Å². The zero-order chi connectivity index (χ0) is 21.6. The van der Waals surface area contributed by atoms with Crippen molar-refractivity contribution >= 4 is 29.5 Å². The lowest BCUT2D eigenvalue weighted by atomic mass is 10.1. The fourth-order valence-corrected chi connectivity index (χ4v) is 2.97. The number of amides is 5. The minimum absolute atomic E-state index is 0.283. The molecule has 0 bridgehead atoms. The maximum Gasteiger partial charge on any atom is 0.269 e. The van der Waals surface area contributed by atoms with Crippen molar-refractivity contribution in [1.29, 1.82) is 0 Å². The molecule has 0 spiro atoms. The predicted molar refractivity (Wildman–Crippen MR) is 97.8 cm³/mol. The van der Waals surface area contributed by atoms with E-state index in [1.54, 1.807) is 0 Å². The summed E-state index contributed by atoms with van der Waals surface area (Å²) in [6.45, 7) is 5.88. The van der Waals surface area contributed by atoms with Crippen LogP contribution < -0.4 is 16.0 Å². The van der Waals surface area contributed by atoms with Gasteiger partial charge in [-0.2, -0.15) is 0 Å². The van der Waals surface area contributed by atoms with Gasteiger partial charge in [0.15, 0.2) is 0 Å². The van der Waals surface area contributed by atoms with Crippen LogP contribution in [0.15, 0.2) is 0 Å². The first kappa shape index (κ1) is 23.3. The molecule has 1 heterocycles. The minimum atomic E-state index is -1.26. The smallest absolute Gasteiger partial charge is 0.269 e. The van der Waals surface area contributed by atoms with E-state index in [-0.39, 0.29) is 11.0 Å². The van der Waals surface area contributed by atoms with E-state index in [0.29, 0.717) is 19.4 Å². The predicted octanol–water partition coefficient (Wildman–Crippen LogP) is -1.64. The summed E-state index contributed by atoms with van der Waals surface area (Å²) in [6, 6.07) is -3.84. The Morgan fingerprint density at radius 1 is 1.04 bits per heavy atom. The normalized spacial score (nSPS) is 19.2. The lowest BCUT2D eigenvalue weighted by Gasteiger charge is -2.31. The molecule has 1 rings (SSSR count). The molecule has 4 atom stereocenters. The largest absolute Gasteiger partial charge is 0.357 e. The average molecular weight is 399 g/mol. The second kappa shape index (κ2) is 10.0. The molecule has 1 saturated heterocycles. The van der Waals surface area contributed by atoms with Crippen LogP contribution in [0.5, 0.6) is 0 Å². The summed E-state index contributed by atoms with van der Waals surface area (Å²) in [7, 11) is 1.42. The van der Waals surface area contributed by atoms with Crippen molar-refractivity contribution in [3.8, 4) is 0 Å². The number of hydroxylamine groups is 2. The summed E-state index contributed by atoms with van der Waals surface area (Å²) >= 11 is 0. The van der Waals surface area contributed by atoms with Crippen LogP contribution in [0.25, 0.3) is 0 Å². The number of likely N-dealkylation sites (tertiary alicyclic amines) is 1. The zero-order valence-corrected chi connectivity index (χ0v) is 16.8. The monoisotopic (exact) mass is 399 g/mol. The topological polar surface area (TPSA) is 148 Å². The Bertz CT molecular complexity index is 640. The molecule has 0 aromatic rings. The molecule has 11 nitrogen and oxygen atoms in total. The summed E-state index contributed by atoms with van der Waals surface area (Å²) in [5.41, 5.74) is 0. The van der Waals surface area contributed by atoms with Gasteiger partial charge >= 0.3 is 0 Å². The van der Waals surface area contributed by atoms with E-state index >= 15 is 0 Å². The van der Waals surface area contributed by atoms with E-state index in [1.807, 2.05) is 0 Å². The van der Waals surface area contributed by atoms with Crippen molar-refractivity contribution in [3.63, 3.8) is 0 Å². The third kappa shape index (κ3) is 5.65. The van der Waals surface area contributed by atoms with Crippen LogP contribution in [0.4, 0.5) is 0 Å². The number of nitrogens with zero attached hydrogens (tertiary/aromatic N) is 2. The van der Waals surface area contributed by atoms with Crippen LogP contribution in [-0.4, -0.2) is 82.5 Å². The van der Waals surface area contributed by atoms with Gasteiger partial charge in [0.05, 0.1) is 0 Å². The van der Waals surface area contributed by atoms with Crippen molar-refractivity contribution in [2.45, 2.75) is 64.7 Å². The first-order valence-corrected chi connectivity index (χ1v) is 9.12. The Morgan fingerprint density at radius 3 is 2.18 bits per heavy atom. The Morgan fingerprint density at radius 2 is 1.64 bits per heavy atom. The van der Waals surface area contributed by atoms with Crippen LogP contribution in [0.1, 0.15) is 40.5 Å². The maximum absolute atomic E-state index is 12.7. The first-order chi connectivity index (χ1) is 13.0. The number of likely N-dealkylation sites (N-methyl/N-ethyl adjacent to an activating group) is 1. The molecule has 0 aromatic heterocycles. The number of hydrogen-bond donors (Lipinski definition) is 4. The molecule has 4 N–H and O–H groups in total. The van der Waals surface area contributed by atoms with Gasteiger partial charge in [-0.25, -0.2) is 5.06 Å². The van der Waals surface area contributed by atoms with Crippen LogP contribution in [-0.2, 0) is 24.0 Å². The number of rotatable bonds is 7. The molecule has 0 saturated carbocycles. The summed E-state index contributed by atoms with van der Waals surface area (Å²) in [5, 5.41) is 17.7. The number of carbonyl (C=O) groups is 5. The van der Waals surface area contributed by atoms with Gasteiger partial charge in [-0.15, -0.1) is 0 Å². The van der Waals surface area contributed by atoms with E-state index in [4.69, 9.17) is 0 Å². The van der Waals surface area contributed by atoms with Gasteiger partial charge in [-0.3, -0.25) is 29.2 Å². The van der Waals surface area contributed by atoms with Gasteiger partial charge in [0.2, 0.25) is 23.6 Å². The highest BCUT2D eigenvalue weighted by Crippen LogP contribution is 2.21. The molecule has 11 heteroatoms. The van der Waals surface area contributed by atoms with Crippen LogP contribution in [0, 0.1) is 0 Å². The molecule has 0 radical (unpaired) electrons. The molecule has 158 valence electrons. The molecule has 5 amide bonds. The maximum atomic E-state index is 12.7. The lowest BCUT2D eigenvalue weighted by Crippen LogP contribution is -2.56. The highest BCUT2D eigenvalue weighted by molar-refractivity contribution is 5.94. The van der Waals surface area contributed by atoms with Crippen LogP contribution in [0.3, 0.4) is 0 Å². The third-order valence-corrected chi connectivity index (χ3v) is 4.58. The lowest BCUT2D eigenvalue weighted by molar-refractivity contribution is -0.183. The van der Waals surface area contributed by atoms with E-state index in [0.717, 1.165) is 0 Å². The van der Waals surface area contributed by atoms with E-state index < -0.39 is 47.8 Å². The van der Waals surface area contributed by atoms with Crippen molar-refractivity contribution < 1.29 is 29.2 Å². The number of nitrogens with one attached hydrogen (secondary N) is 3. The van der Waals surface area contributed by atoms with Crippen molar-refractivity contribution in [2.24, 2.45) is 0 Å². The quantitative estimate of drug-likeness (QED) is 0.298. The first-order valence-electron chi connectivity index (χ1n) is 9.12. The fourth-order valence-electron chi connectivity index (χ4n) is 2.97. The molecule has 0 aliphatic carbocycles. The molecule has 1 aliphatic heterocycles. The molecular formula is C17H29N5O6. The Hall–Kier alpha value is -2.69. The zero-order valence-electron chi connectivity index (χ0n) is 16.8. The van der Waals surface area contributed by atoms with Crippen molar-refractivity contribution in [1.82, 2.24) is 25.9 Å². The average Bonchev–Trinajstić information content (AvgIpc) is 3.13.